The average molecular weight is 528 g/mol. The van der Waals surface area contributed by atoms with Crippen LogP contribution in [0.5, 0.6) is 0 Å². The SMILES string of the molecule is C=CCNC(=O)c1cnc(Nc2ccc(N3CCN(C)CC3)cc2)nc1Nc1ccc2c(c1)[C@](O)(CC)CC2. The monoisotopic (exact) mass is 527 g/mol. The van der Waals surface area contributed by atoms with Crippen molar-refractivity contribution in [2.45, 2.75) is 31.8 Å². The lowest BCUT2D eigenvalue weighted by Gasteiger charge is -2.34. The maximum atomic E-state index is 12.9. The van der Waals surface area contributed by atoms with E-state index >= 15 is 0 Å². The number of fused-ring (bicyclic) bond motifs is 1. The highest BCUT2D eigenvalue weighted by Crippen LogP contribution is 2.41. The van der Waals surface area contributed by atoms with Crippen LogP contribution in [0.4, 0.5) is 28.8 Å². The standard InChI is InChI=1S/C30H37N7O2/c1-4-14-31-28(38)25-20-32-29(34-22-8-10-24(11-9-22)37-17-15-36(3)16-18-37)35-27(25)33-23-7-6-21-12-13-30(39,5-2)26(21)19-23/h4,6-11,19-20,39H,1,5,12-18H2,2-3H3,(H,31,38)(H2,32,33,34,35)/t30-/m0/s1. The lowest BCUT2D eigenvalue weighted by Crippen LogP contribution is -2.44. The molecular weight excluding hydrogens is 490 g/mol. The van der Waals surface area contributed by atoms with Crippen LogP contribution in [0.25, 0.3) is 0 Å². The van der Waals surface area contributed by atoms with E-state index in [1.54, 1.807) is 6.08 Å². The number of carbonyl (C=O) groups is 1. The highest BCUT2D eigenvalue weighted by atomic mass is 16.3. The largest absolute Gasteiger partial charge is 0.385 e. The Morgan fingerprint density at radius 1 is 1.10 bits per heavy atom. The van der Waals surface area contributed by atoms with Crippen LogP contribution in [0.15, 0.2) is 61.3 Å². The molecule has 0 radical (unpaired) electrons. The predicted molar refractivity (Wildman–Crippen MR) is 156 cm³/mol. The third-order valence-corrected chi connectivity index (χ3v) is 7.70. The molecule has 1 atom stereocenters. The minimum atomic E-state index is -0.828. The number of nitrogens with one attached hydrogen (secondary N) is 3. The Kier molecular flexibility index (Phi) is 7.81. The van der Waals surface area contributed by atoms with Crippen LogP contribution in [-0.4, -0.2) is 65.7 Å². The van der Waals surface area contributed by atoms with Crippen molar-refractivity contribution in [2.24, 2.45) is 0 Å². The molecule has 1 saturated heterocycles. The van der Waals surface area contributed by atoms with Crippen LogP contribution >= 0.6 is 0 Å². The second-order valence-electron chi connectivity index (χ2n) is 10.3. The molecule has 9 nitrogen and oxygen atoms in total. The quantitative estimate of drug-likeness (QED) is 0.307. The number of aryl methyl sites for hydroxylation is 1. The number of anilines is 5. The third kappa shape index (κ3) is 5.89. The number of carbonyl (C=O) groups excluding carboxylic acids is 1. The van der Waals surface area contributed by atoms with E-state index in [0.717, 1.165) is 55.1 Å². The molecule has 2 aromatic carbocycles. The smallest absolute Gasteiger partial charge is 0.256 e. The average Bonchev–Trinajstić information content (AvgIpc) is 3.29. The topological polar surface area (TPSA) is 106 Å². The first-order valence-electron chi connectivity index (χ1n) is 13.6. The summed E-state index contributed by atoms with van der Waals surface area (Å²) >= 11 is 0. The summed E-state index contributed by atoms with van der Waals surface area (Å²) < 4.78 is 0. The molecule has 1 fully saturated rings. The van der Waals surface area contributed by atoms with E-state index in [-0.39, 0.29) is 5.91 Å². The molecule has 1 amide bonds. The summed E-state index contributed by atoms with van der Waals surface area (Å²) in [5.41, 5.74) is 4.37. The van der Waals surface area contributed by atoms with Gasteiger partial charge in [0.1, 0.15) is 11.4 Å². The van der Waals surface area contributed by atoms with Gasteiger partial charge >= 0.3 is 0 Å². The van der Waals surface area contributed by atoms with Crippen LogP contribution in [-0.2, 0) is 12.0 Å². The highest BCUT2D eigenvalue weighted by Gasteiger charge is 2.35. The Hall–Kier alpha value is -3.95. The van der Waals surface area contributed by atoms with Gasteiger partial charge in [0.15, 0.2) is 0 Å². The van der Waals surface area contributed by atoms with Gasteiger partial charge in [-0.2, -0.15) is 4.98 Å². The molecule has 1 aromatic heterocycles. The van der Waals surface area contributed by atoms with Crippen molar-refractivity contribution in [1.82, 2.24) is 20.2 Å². The van der Waals surface area contributed by atoms with Crippen molar-refractivity contribution in [3.63, 3.8) is 0 Å². The number of aromatic nitrogens is 2. The molecule has 0 unspecified atom stereocenters. The first-order chi connectivity index (χ1) is 18.9. The number of piperazine rings is 1. The fraction of sp³-hybridized carbons (Fsp3) is 0.367. The number of rotatable bonds is 9. The summed E-state index contributed by atoms with van der Waals surface area (Å²) in [5, 5.41) is 20.4. The third-order valence-electron chi connectivity index (χ3n) is 7.70. The maximum absolute atomic E-state index is 12.9. The fourth-order valence-corrected chi connectivity index (χ4v) is 5.20. The number of benzene rings is 2. The van der Waals surface area contributed by atoms with Gasteiger partial charge in [-0.05, 0) is 73.8 Å². The summed E-state index contributed by atoms with van der Waals surface area (Å²) in [6.45, 7) is 10.1. The van der Waals surface area contributed by atoms with Gasteiger partial charge in [0.05, 0.1) is 5.60 Å². The van der Waals surface area contributed by atoms with Crippen molar-refractivity contribution >= 4 is 34.7 Å². The number of amides is 1. The molecule has 0 saturated carbocycles. The number of hydrogen-bond acceptors (Lipinski definition) is 8. The second kappa shape index (κ2) is 11.4. The van der Waals surface area contributed by atoms with Crippen LogP contribution in [0.1, 0.15) is 41.3 Å². The Labute approximate surface area is 230 Å². The zero-order valence-electron chi connectivity index (χ0n) is 22.7. The summed E-state index contributed by atoms with van der Waals surface area (Å²) in [5.74, 6) is 0.448. The van der Waals surface area contributed by atoms with Crippen LogP contribution in [0.3, 0.4) is 0 Å². The van der Waals surface area contributed by atoms with Crippen molar-refractivity contribution in [1.29, 1.82) is 0 Å². The molecular formula is C30H37N7O2. The number of hydrogen-bond donors (Lipinski definition) is 4. The molecule has 5 rings (SSSR count). The van der Waals surface area contributed by atoms with Gasteiger partial charge in [-0.15, -0.1) is 6.58 Å². The summed E-state index contributed by atoms with van der Waals surface area (Å²) in [6.07, 6.45) is 5.36. The second-order valence-corrected chi connectivity index (χ2v) is 10.3. The van der Waals surface area contributed by atoms with E-state index in [9.17, 15) is 9.90 Å². The molecule has 3 aromatic rings. The minimum absolute atomic E-state index is 0.299. The van der Waals surface area contributed by atoms with Gasteiger partial charge < -0.3 is 30.9 Å². The molecule has 2 heterocycles. The van der Waals surface area contributed by atoms with E-state index < -0.39 is 5.60 Å². The fourth-order valence-electron chi connectivity index (χ4n) is 5.20. The number of aliphatic hydroxyl groups is 1. The molecule has 0 spiro atoms. The minimum Gasteiger partial charge on any atom is -0.385 e. The lowest BCUT2D eigenvalue weighted by molar-refractivity contribution is 0.0346. The summed E-state index contributed by atoms with van der Waals surface area (Å²) in [6, 6.07) is 14.2. The van der Waals surface area contributed by atoms with E-state index in [1.165, 1.54) is 11.9 Å². The van der Waals surface area contributed by atoms with E-state index in [2.05, 4.69) is 61.5 Å². The Bertz CT molecular complexity index is 1340. The molecule has 204 valence electrons. The Morgan fingerprint density at radius 2 is 1.85 bits per heavy atom. The summed E-state index contributed by atoms with van der Waals surface area (Å²) in [7, 11) is 2.15. The van der Waals surface area contributed by atoms with Gasteiger partial charge in [-0.25, -0.2) is 4.98 Å². The van der Waals surface area contributed by atoms with Gasteiger partial charge in [-0.1, -0.05) is 19.1 Å². The number of likely N-dealkylation sites (N-methyl/N-ethyl adjacent to an activating group) is 1. The van der Waals surface area contributed by atoms with E-state index in [1.807, 2.05) is 37.3 Å². The first kappa shape index (κ1) is 26.6. The van der Waals surface area contributed by atoms with Gasteiger partial charge in [0.25, 0.3) is 5.91 Å². The van der Waals surface area contributed by atoms with Crippen LogP contribution in [0.2, 0.25) is 0 Å². The van der Waals surface area contributed by atoms with Crippen molar-refractivity contribution < 1.29 is 9.90 Å². The van der Waals surface area contributed by atoms with Gasteiger partial charge in [-0.3, -0.25) is 4.79 Å². The molecule has 1 aliphatic carbocycles. The van der Waals surface area contributed by atoms with Gasteiger partial charge in [0, 0.05) is 56.0 Å². The Morgan fingerprint density at radius 3 is 2.56 bits per heavy atom. The molecule has 0 bridgehead atoms. The van der Waals surface area contributed by atoms with E-state index in [4.69, 9.17) is 0 Å². The van der Waals surface area contributed by atoms with Crippen molar-refractivity contribution in [3.05, 3.63) is 78.0 Å². The van der Waals surface area contributed by atoms with Crippen LogP contribution in [0, 0.1) is 0 Å². The highest BCUT2D eigenvalue weighted by molar-refractivity contribution is 5.99. The molecule has 9 heteroatoms. The summed E-state index contributed by atoms with van der Waals surface area (Å²) in [4.78, 5) is 26.7. The molecule has 2 aliphatic rings. The Balaban J connectivity index is 1.38. The molecule has 39 heavy (non-hydrogen) atoms. The molecule has 1 aliphatic heterocycles. The predicted octanol–water partition coefficient (Wildman–Crippen LogP) is 4.18. The molecule has 4 N–H and O–H groups in total. The first-order valence-corrected chi connectivity index (χ1v) is 13.6. The van der Waals surface area contributed by atoms with Gasteiger partial charge in [0.2, 0.25) is 5.95 Å². The van der Waals surface area contributed by atoms with Crippen molar-refractivity contribution in [3.8, 4) is 0 Å². The zero-order valence-corrected chi connectivity index (χ0v) is 22.7. The van der Waals surface area contributed by atoms with Crippen molar-refractivity contribution in [2.75, 3.05) is 55.3 Å². The van der Waals surface area contributed by atoms with Crippen LogP contribution < -0.4 is 20.9 Å². The normalized spacial score (nSPS) is 18.9. The number of nitrogens with zero attached hydrogens (tertiary/aromatic N) is 4. The zero-order chi connectivity index (χ0) is 27.4. The van der Waals surface area contributed by atoms with E-state index in [0.29, 0.717) is 36.7 Å². The maximum Gasteiger partial charge on any atom is 0.256 e. The lowest BCUT2D eigenvalue weighted by atomic mass is 9.93.